The van der Waals surface area contributed by atoms with E-state index in [4.69, 9.17) is 6.42 Å². The lowest BCUT2D eigenvalue weighted by atomic mass is 9.94. The van der Waals surface area contributed by atoms with Crippen molar-refractivity contribution >= 4 is 12.0 Å². The van der Waals surface area contributed by atoms with Crippen LogP contribution in [0.2, 0.25) is 0 Å². The van der Waals surface area contributed by atoms with Crippen LogP contribution in [0.5, 0.6) is 0 Å². The average Bonchev–Trinajstić information content (AvgIpc) is 2.94. The van der Waals surface area contributed by atoms with Crippen molar-refractivity contribution in [3.05, 3.63) is 0 Å². The number of hydrogen-bond acceptors (Lipinski definition) is 2. The number of likely N-dealkylation sites (tertiary alicyclic amines) is 1. The van der Waals surface area contributed by atoms with Crippen LogP contribution in [-0.2, 0) is 4.79 Å². The van der Waals surface area contributed by atoms with Crippen molar-refractivity contribution in [2.45, 2.75) is 44.7 Å². The van der Waals surface area contributed by atoms with Crippen LogP contribution in [-0.4, -0.2) is 40.6 Å². The van der Waals surface area contributed by atoms with Crippen molar-refractivity contribution in [2.75, 3.05) is 6.54 Å². The molecule has 19 heavy (non-hydrogen) atoms. The number of urea groups is 1. The van der Waals surface area contributed by atoms with Crippen LogP contribution in [0.4, 0.5) is 4.79 Å². The number of carbonyl (C=O) groups excluding carboxylic acids is 1. The predicted molar refractivity (Wildman–Crippen MR) is 70.4 cm³/mol. The zero-order chi connectivity index (χ0) is 14.0. The van der Waals surface area contributed by atoms with Crippen LogP contribution < -0.4 is 5.32 Å². The number of nitrogens with zero attached hydrogens (tertiary/aromatic N) is 1. The zero-order valence-electron chi connectivity index (χ0n) is 11.1. The summed E-state index contributed by atoms with van der Waals surface area (Å²) in [5, 5.41) is 12.1. The van der Waals surface area contributed by atoms with Gasteiger partial charge in [0.25, 0.3) is 0 Å². The van der Waals surface area contributed by atoms with Gasteiger partial charge in [0.1, 0.15) is 6.04 Å². The molecule has 1 saturated carbocycles. The summed E-state index contributed by atoms with van der Waals surface area (Å²) in [4.78, 5) is 25.1. The molecule has 2 amide bonds. The van der Waals surface area contributed by atoms with E-state index in [0.29, 0.717) is 18.9 Å². The summed E-state index contributed by atoms with van der Waals surface area (Å²) in [5.74, 6) is 2.03. The molecule has 1 heterocycles. The number of hydrogen-bond donors (Lipinski definition) is 2. The SMILES string of the molecule is C#CC(CC)NC(=O)N1CC2CCCC2C1C(=O)O. The molecule has 5 nitrogen and oxygen atoms in total. The van der Waals surface area contributed by atoms with Crippen molar-refractivity contribution in [1.29, 1.82) is 0 Å². The topological polar surface area (TPSA) is 69.6 Å². The third-order valence-electron chi connectivity index (χ3n) is 4.31. The summed E-state index contributed by atoms with van der Waals surface area (Å²) >= 11 is 0. The van der Waals surface area contributed by atoms with E-state index in [0.717, 1.165) is 19.3 Å². The van der Waals surface area contributed by atoms with Gasteiger partial charge in [0, 0.05) is 6.54 Å². The molecule has 0 aromatic heterocycles. The molecular formula is C14H20N2O3. The van der Waals surface area contributed by atoms with Crippen LogP contribution in [0.1, 0.15) is 32.6 Å². The van der Waals surface area contributed by atoms with Gasteiger partial charge >= 0.3 is 12.0 Å². The molecule has 0 aromatic rings. The number of carboxylic acids is 1. The van der Waals surface area contributed by atoms with Crippen LogP contribution in [0.15, 0.2) is 0 Å². The number of amides is 2. The predicted octanol–water partition coefficient (Wildman–Crippen LogP) is 1.29. The van der Waals surface area contributed by atoms with E-state index in [2.05, 4.69) is 11.2 Å². The Hall–Kier alpha value is -1.70. The Balaban J connectivity index is 2.09. The Morgan fingerprint density at radius 2 is 2.26 bits per heavy atom. The van der Waals surface area contributed by atoms with Crippen molar-refractivity contribution in [3.8, 4) is 12.3 Å². The van der Waals surface area contributed by atoms with Crippen LogP contribution >= 0.6 is 0 Å². The normalized spacial score (nSPS) is 30.5. The minimum Gasteiger partial charge on any atom is -0.480 e. The molecule has 2 rings (SSSR count). The van der Waals surface area contributed by atoms with E-state index in [1.54, 1.807) is 0 Å². The number of aliphatic carboxylic acids is 1. The van der Waals surface area contributed by atoms with E-state index < -0.39 is 12.0 Å². The molecule has 0 spiro atoms. The Labute approximate surface area is 113 Å². The highest BCUT2D eigenvalue weighted by Gasteiger charge is 2.49. The van der Waals surface area contributed by atoms with Gasteiger partial charge < -0.3 is 15.3 Å². The molecule has 2 aliphatic rings. The van der Waals surface area contributed by atoms with Gasteiger partial charge in [-0.3, -0.25) is 0 Å². The van der Waals surface area contributed by atoms with E-state index in [9.17, 15) is 14.7 Å². The van der Waals surface area contributed by atoms with E-state index >= 15 is 0 Å². The van der Waals surface area contributed by atoms with Gasteiger partial charge in [-0.15, -0.1) is 6.42 Å². The molecule has 4 unspecified atom stereocenters. The summed E-state index contributed by atoms with van der Waals surface area (Å²) in [7, 11) is 0. The molecule has 5 heteroatoms. The van der Waals surface area contributed by atoms with Crippen LogP contribution in [0.3, 0.4) is 0 Å². The lowest BCUT2D eigenvalue weighted by molar-refractivity contribution is -0.142. The van der Waals surface area contributed by atoms with Crippen molar-refractivity contribution in [2.24, 2.45) is 11.8 Å². The number of rotatable bonds is 3. The smallest absolute Gasteiger partial charge is 0.326 e. The number of carboxylic acid groups (broad SMARTS) is 1. The minimum absolute atomic E-state index is 0.106. The molecular weight excluding hydrogens is 244 g/mol. The molecule has 1 saturated heterocycles. The second kappa shape index (κ2) is 5.52. The molecule has 1 aliphatic carbocycles. The van der Waals surface area contributed by atoms with Gasteiger partial charge in [0.2, 0.25) is 0 Å². The fourth-order valence-electron chi connectivity index (χ4n) is 3.32. The molecule has 2 fully saturated rings. The molecule has 0 radical (unpaired) electrons. The van der Waals surface area contributed by atoms with Crippen LogP contribution in [0.25, 0.3) is 0 Å². The second-order valence-electron chi connectivity index (χ2n) is 5.37. The van der Waals surface area contributed by atoms with Crippen molar-refractivity contribution in [3.63, 3.8) is 0 Å². The van der Waals surface area contributed by atoms with Gasteiger partial charge in [-0.2, -0.15) is 0 Å². The average molecular weight is 264 g/mol. The maximum atomic E-state index is 12.2. The monoisotopic (exact) mass is 264 g/mol. The highest BCUT2D eigenvalue weighted by Crippen LogP contribution is 2.42. The number of fused-ring (bicyclic) bond motifs is 1. The summed E-state index contributed by atoms with van der Waals surface area (Å²) < 4.78 is 0. The maximum absolute atomic E-state index is 12.2. The molecule has 104 valence electrons. The van der Waals surface area contributed by atoms with E-state index in [1.807, 2.05) is 6.92 Å². The Bertz CT molecular complexity index is 415. The van der Waals surface area contributed by atoms with Gasteiger partial charge in [-0.05, 0) is 31.1 Å². The standard InChI is InChI=1S/C14H20N2O3/c1-3-10(4-2)15-14(19)16-8-9-6-5-7-11(9)12(16)13(17)18/h1,9-12H,4-8H2,2H3,(H,15,19)(H,17,18). The Morgan fingerprint density at radius 1 is 1.53 bits per heavy atom. The highest BCUT2D eigenvalue weighted by molar-refractivity contribution is 5.84. The molecule has 0 aromatic carbocycles. The lowest BCUT2D eigenvalue weighted by Gasteiger charge is -2.25. The molecule has 4 atom stereocenters. The summed E-state index contributed by atoms with van der Waals surface area (Å²) in [6.07, 6.45) is 8.94. The second-order valence-corrected chi connectivity index (χ2v) is 5.37. The minimum atomic E-state index is -0.904. The van der Waals surface area contributed by atoms with Crippen molar-refractivity contribution < 1.29 is 14.7 Å². The third kappa shape index (κ3) is 2.53. The highest BCUT2D eigenvalue weighted by atomic mass is 16.4. The van der Waals surface area contributed by atoms with Crippen molar-refractivity contribution in [1.82, 2.24) is 10.2 Å². The Kier molecular flexibility index (Phi) is 3.98. The number of carbonyl (C=O) groups is 2. The quantitative estimate of drug-likeness (QED) is 0.755. The van der Waals surface area contributed by atoms with Crippen LogP contribution in [0, 0.1) is 24.2 Å². The first-order valence-electron chi connectivity index (χ1n) is 6.84. The largest absolute Gasteiger partial charge is 0.480 e. The first-order chi connectivity index (χ1) is 9.08. The molecule has 1 aliphatic heterocycles. The van der Waals surface area contributed by atoms with Gasteiger partial charge in [0.05, 0.1) is 6.04 Å². The van der Waals surface area contributed by atoms with E-state index in [-0.39, 0.29) is 18.0 Å². The third-order valence-corrected chi connectivity index (χ3v) is 4.31. The maximum Gasteiger partial charge on any atom is 0.326 e. The molecule has 0 bridgehead atoms. The first-order valence-corrected chi connectivity index (χ1v) is 6.84. The van der Waals surface area contributed by atoms with Gasteiger partial charge in [0.15, 0.2) is 0 Å². The summed E-state index contributed by atoms with van der Waals surface area (Å²) in [6.45, 7) is 2.42. The summed E-state index contributed by atoms with van der Waals surface area (Å²) in [6, 6.07) is -1.36. The van der Waals surface area contributed by atoms with Gasteiger partial charge in [-0.1, -0.05) is 19.3 Å². The summed E-state index contributed by atoms with van der Waals surface area (Å²) in [5.41, 5.74) is 0. The first kappa shape index (κ1) is 13.7. The lowest BCUT2D eigenvalue weighted by Crippen LogP contribution is -2.50. The van der Waals surface area contributed by atoms with E-state index in [1.165, 1.54) is 4.90 Å². The number of terminal acetylenes is 1. The molecule has 2 N–H and O–H groups in total. The fraction of sp³-hybridized carbons (Fsp3) is 0.714. The Morgan fingerprint density at radius 3 is 2.84 bits per heavy atom. The number of nitrogens with one attached hydrogen (secondary N) is 1. The fourth-order valence-corrected chi connectivity index (χ4v) is 3.32. The zero-order valence-corrected chi connectivity index (χ0v) is 11.1. The van der Waals surface area contributed by atoms with Gasteiger partial charge in [-0.25, -0.2) is 9.59 Å².